The summed E-state index contributed by atoms with van der Waals surface area (Å²) in [6.45, 7) is 2.45. The highest BCUT2D eigenvalue weighted by molar-refractivity contribution is 7.99. The van der Waals surface area contributed by atoms with Gasteiger partial charge in [-0.2, -0.15) is 0 Å². The topological polar surface area (TPSA) is 122 Å². The van der Waals surface area contributed by atoms with Crippen LogP contribution in [0.2, 0.25) is 0 Å². The van der Waals surface area contributed by atoms with Gasteiger partial charge in [-0.25, -0.2) is 4.68 Å². The molecule has 0 radical (unpaired) electrons. The Morgan fingerprint density at radius 1 is 1.58 bits per heavy atom. The third-order valence-electron chi connectivity index (χ3n) is 2.15. The molecule has 0 aliphatic rings. The zero-order valence-corrected chi connectivity index (χ0v) is 11.0. The molecule has 0 saturated heterocycles. The fraction of sp³-hybridized carbons (Fsp3) is 0.444. The van der Waals surface area contributed by atoms with E-state index in [4.69, 9.17) is 10.3 Å². The molecule has 0 aliphatic heterocycles. The molecule has 19 heavy (non-hydrogen) atoms. The lowest BCUT2D eigenvalue weighted by Gasteiger charge is -2.01. The summed E-state index contributed by atoms with van der Waals surface area (Å²) in [5.74, 6) is -0.0839. The Bertz CT molecular complexity index is 630. The van der Waals surface area contributed by atoms with E-state index in [9.17, 15) is 9.59 Å². The zero-order valence-electron chi connectivity index (χ0n) is 10.1. The second kappa shape index (κ2) is 5.80. The van der Waals surface area contributed by atoms with E-state index in [1.54, 1.807) is 6.92 Å². The van der Waals surface area contributed by atoms with Gasteiger partial charge in [-0.1, -0.05) is 11.8 Å². The number of hydrogen-bond acceptors (Lipinski definition) is 8. The van der Waals surface area contributed by atoms with Crippen molar-refractivity contribution in [3.63, 3.8) is 0 Å². The number of carbonyl (C=O) groups is 1. The van der Waals surface area contributed by atoms with Crippen LogP contribution < -0.4 is 11.3 Å². The molecule has 0 aromatic carbocycles. The van der Waals surface area contributed by atoms with Crippen LogP contribution in [0.5, 0.6) is 0 Å². The van der Waals surface area contributed by atoms with Crippen LogP contribution in [0.3, 0.4) is 0 Å². The van der Waals surface area contributed by atoms with Crippen molar-refractivity contribution in [1.29, 1.82) is 0 Å². The number of nitrogens with two attached hydrogens (primary N) is 1. The Hall–Kier alpha value is -1.94. The van der Waals surface area contributed by atoms with E-state index in [2.05, 4.69) is 15.5 Å². The lowest BCUT2D eigenvalue weighted by molar-refractivity contribution is 0.0813. The van der Waals surface area contributed by atoms with Crippen molar-refractivity contribution in [2.24, 2.45) is 5.73 Å². The fourth-order valence-corrected chi connectivity index (χ4v) is 2.11. The quantitative estimate of drug-likeness (QED) is 0.703. The minimum absolute atomic E-state index is 0.00218. The second-order valence-electron chi connectivity index (χ2n) is 3.63. The van der Waals surface area contributed by atoms with Crippen molar-refractivity contribution < 1.29 is 9.32 Å². The van der Waals surface area contributed by atoms with Gasteiger partial charge in [-0.15, -0.1) is 9.84 Å². The first-order valence-corrected chi connectivity index (χ1v) is 6.42. The van der Waals surface area contributed by atoms with Crippen LogP contribution in [0.1, 0.15) is 10.6 Å². The Morgan fingerprint density at radius 3 is 3.00 bits per heavy atom. The van der Waals surface area contributed by atoms with Crippen molar-refractivity contribution in [3.05, 3.63) is 22.2 Å². The standard InChI is InChI=1S/C9H12N6O3S/c1-6-4-7(16)15(18-6)8(17)5-19-9-11-12-13-14(9)3-2-10/h4H,2-3,5,10H2,1H3. The summed E-state index contributed by atoms with van der Waals surface area (Å²) in [4.78, 5) is 23.2. The summed E-state index contributed by atoms with van der Waals surface area (Å²) in [6, 6.07) is 1.25. The van der Waals surface area contributed by atoms with Crippen LogP contribution in [0.15, 0.2) is 20.5 Å². The average Bonchev–Trinajstić information content (AvgIpc) is 2.93. The number of aromatic nitrogens is 5. The third kappa shape index (κ3) is 3.09. The van der Waals surface area contributed by atoms with E-state index in [-0.39, 0.29) is 5.75 Å². The predicted octanol–water partition coefficient (Wildman–Crippen LogP) is -0.873. The lowest BCUT2D eigenvalue weighted by atomic mass is 10.5. The molecule has 0 atom stereocenters. The van der Waals surface area contributed by atoms with Gasteiger partial charge in [0.2, 0.25) is 5.16 Å². The van der Waals surface area contributed by atoms with Gasteiger partial charge in [0, 0.05) is 12.6 Å². The minimum Gasteiger partial charge on any atom is -0.373 e. The van der Waals surface area contributed by atoms with E-state index in [1.165, 1.54) is 10.7 Å². The second-order valence-corrected chi connectivity index (χ2v) is 4.58. The first-order valence-electron chi connectivity index (χ1n) is 5.44. The van der Waals surface area contributed by atoms with Gasteiger partial charge in [-0.3, -0.25) is 9.59 Å². The summed E-state index contributed by atoms with van der Waals surface area (Å²) in [7, 11) is 0. The number of nitrogens with zero attached hydrogens (tertiary/aromatic N) is 5. The molecule has 0 spiro atoms. The number of tetrazole rings is 1. The van der Waals surface area contributed by atoms with Crippen molar-refractivity contribution in [3.8, 4) is 0 Å². The Balaban J connectivity index is 2.02. The van der Waals surface area contributed by atoms with Gasteiger partial charge in [-0.05, 0) is 17.4 Å². The van der Waals surface area contributed by atoms with Crippen LogP contribution in [0, 0.1) is 6.92 Å². The molecule has 2 aromatic rings. The maximum Gasteiger partial charge on any atom is 0.290 e. The molecule has 0 amide bonds. The molecular weight excluding hydrogens is 272 g/mol. The largest absolute Gasteiger partial charge is 0.373 e. The molecule has 2 N–H and O–H groups in total. The van der Waals surface area contributed by atoms with E-state index in [0.29, 0.717) is 24.0 Å². The maximum atomic E-state index is 11.8. The number of thioether (sulfide) groups is 1. The van der Waals surface area contributed by atoms with Gasteiger partial charge >= 0.3 is 0 Å². The maximum absolute atomic E-state index is 11.8. The van der Waals surface area contributed by atoms with Gasteiger partial charge in [0.15, 0.2) is 0 Å². The van der Waals surface area contributed by atoms with Crippen LogP contribution in [-0.2, 0) is 6.54 Å². The van der Waals surface area contributed by atoms with E-state index >= 15 is 0 Å². The van der Waals surface area contributed by atoms with E-state index in [1.807, 2.05) is 0 Å². The van der Waals surface area contributed by atoms with Gasteiger partial charge in [0.1, 0.15) is 5.76 Å². The van der Waals surface area contributed by atoms with Gasteiger partial charge in [0.05, 0.1) is 12.3 Å². The molecule has 2 heterocycles. The molecule has 2 rings (SSSR count). The number of carbonyl (C=O) groups excluding carboxylic acids is 1. The van der Waals surface area contributed by atoms with Crippen LogP contribution in [0.25, 0.3) is 0 Å². The summed E-state index contributed by atoms with van der Waals surface area (Å²) < 4.78 is 7.20. The van der Waals surface area contributed by atoms with Crippen molar-refractivity contribution in [2.75, 3.05) is 12.3 Å². The number of aryl methyl sites for hydroxylation is 1. The fourth-order valence-electron chi connectivity index (χ4n) is 1.37. The Morgan fingerprint density at radius 2 is 2.37 bits per heavy atom. The van der Waals surface area contributed by atoms with Crippen LogP contribution in [-0.4, -0.2) is 43.2 Å². The van der Waals surface area contributed by atoms with Gasteiger partial charge < -0.3 is 10.3 Å². The van der Waals surface area contributed by atoms with Crippen molar-refractivity contribution >= 4 is 17.7 Å². The number of rotatable bonds is 5. The highest BCUT2D eigenvalue weighted by Crippen LogP contribution is 2.13. The molecule has 0 unspecified atom stereocenters. The molecule has 0 aliphatic carbocycles. The number of hydrogen-bond donors (Lipinski definition) is 1. The van der Waals surface area contributed by atoms with Crippen molar-refractivity contribution in [2.45, 2.75) is 18.6 Å². The highest BCUT2D eigenvalue weighted by atomic mass is 32.2. The highest BCUT2D eigenvalue weighted by Gasteiger charge is 2.14. The molecule has 2 aromatic heterocycles. The molecule has 0 fully saturated rings. The molecular formula is C9H12N6O3S. The Kier molecular flexibility index (Phi) is 4.12. The SMILES string of the molecule is Cc1cc(=O)n(C(=O)CSc2nnnn2CCN)o1. The summed E-state index contributed by atoms with van der Waals surface area (Å²) in [5, 5.41) is 11.5. The summed E-state index contributed by atoms with van der Waals surface area (Å²) in [6.07, 6.45) is 0. The average molecular weight is 284 g/mol. The third-order valence-corrected chi connectivity index (χ3v) is 3.10. The van der Waals surface area contributed by atoms with E-state index in [0.717, 1.165) is 16.5 Å². The summed E-state index contributed by atoms with van der Waals surface area (Å²) >= 11 is 1.12. The first-order chi connectivity index (χ1) is 9.11. The van der Waals surface area contributed by atoms with Crippen molar-refractivity contribution in [1.82, 2.24) is 24.9 Å². The van der Waals surface area contributed by atoms with E-state index < -0.39 is 11.5 Å². The molecule has 0 bridgehead atoms. The molecule has 0 saturated carbocycles. The predicted molar refractivity (Wildman–Crippen MR) is 65.9 cm³/mol. The zero-order chi connectivity index (χ0) is 13.8. The van der Waals surface area contributed by atoms with Crippen LogP contribution in [0.4, 0.5) is 0 Å². The monoisotopic (exact) mass is 284 g/mol. The molecule has 10 heteroatoms. The Labute approximate surface area is 111 Å². The van der Waals surface area contributed by atoms with Gasteiger partial charge in [0.25, 0.3) is 11.5 Å². The minimum atomic E-state index is -0.482. The first kappa shape index (κ1) is 13.5. The molecule has 102 valence electrons. The smallest absolute Gasteiger partial charge is 0.290 e. The molecule has 9 nitrogen and oxygen atoms in total. The summed E-state index contributed by atoms with van der Waals surface area (Å²) in [5.41, 5.74) is 4.92. The normalized spacial score (nSPS) is 10.8. The lowest BCUT2D eigenvalue weighted by Crippen LogP contribution is -2.23. The van der Waals surface area contributed by atoms with Crippen LogP contribution >= 0.6 is 11.8 Å².